The van der Waals surface area contributed by atoms with Crippen molar-refractivity contribution in [1.82, 2.24) is 4.98 Å². The molecule has 1 aliphatic heterocycles. The van der Waals surface area contributed by atoms with E-state index in [1.165, 1.54) is 16.8 Å². The minimum atomic E-state index is 0.157. The Morgan fingerprint density at radius 3 is 2.74 bits per heavy atom. The Morgan fingerprint density at radius 1 is 1.16 bits per heavy atom. The summed E-state index contributed by atoms with van der Waals surface area (Å²) in [7, 11) is 0. The Bertz CT molecular complexity index is 576. The Labute approximate surface area is 113 Å². The van der Waals surface area contributed by atoms with Crippen LogP contribution in [0.3, 0.4) is 0 Å². The zero-order valence-corrected chi connectivity index (χ0v) is 11.3. The SMILES string of the molecule is CC(C)Oc1ccc(-c2ccc3c(c2)CCN3)cn1. The summed E-state index contributed by atoms with van der Waals surface area (Å²) in [6.45, 7) is 5.05. The second-order valence-electron chi connectivity index (χ2n) is 5.10. The highest BCUT2D eigenvalue weighted by Gasteiger charge is 2.10. The molecule has 3 heteroatoms. The molecule has 1 aliphatic rings. The summed E-state index contributed by atoms with van der Waals surface area (Å²) < 4.78 is 5.56. The smallest absolute Gasteiger partial charge is 0.213 e. The van der Waals surface area contributed by atoms with Gasteiger partial charge < -0.3 is 10.1 Å². The molecule has 1 N–H and O–H groups in total. The topological polar surface area (TPSA) is 34.1 Å². The van der Waals surface area contributed by atoms with Crippen molar-refractivity contribution >= 4 is 5.69 Å². The molecule has 19 heavy (non-hydrogen) atoms. The maximum Gasteiger partial charge on any atom is 0.213 e. The van der Waals surface area contributed by atoms with Crippen molar-refractivity contribution < 1.29 is 4.74 Å². The lowest BCUT2D eigenvalue weighted by atomic mass is 10.0. The van der Waals surface area contributed by atoms with Gasteiger partial charge in [0.1, 0.15) is 0 Å². The quantitative estimate of drug-likeness (QED) is 0.910. The number of rotatable bonds is 3. The predicted octanol–water partition coefficient (Wildman–Crippen LogP) is 3.50. The molecule has 0 atom stereocenters. The number of nitrogens with one attached hydrogen (secondary N) is 1. The Kier molecular flexibility index (Phi) is 3.11. The molecule has 1 aromatic carbocycles. The van der Waals surface area contributed by atoms with Gasteiger partial charge in [0.25, 0.3) is 0 Å². The summed E-state index contributed by atoms with van der Waals surface area (Å²) in [4.78, 5) is 4.35. The molecule has 0 saturated carbocycles. The van der Waals surface area contributed by atoms with Crippen LogP contribution < -0.4 is 10.1 Å². The highest BCUT2D eigenvalue weighted by atomic mass is 16.5. The third-order valence-corrected chi connectivity index (χ3v) is 3.24. The Hall–Kier alpha value is -2.03. The molecule has 0 saturated heterocycles. The van der Waals surface area contributed by atoms with Crippen molar-refractivity contribution in [2.45, 2.75) is 26.4 Å². The van der Waals surface area contributed by atoms with Crippen molar-refractivity contribution in [2.75, 3.05) is 11.9 Å². The number of ether oxygens (including phenoxy) is 1. The number of aromatic nitrogens is 1. The van der Waals surface area contributed by atoms with E-state index in [0.717, 1.165) is 18.5 Å². The fourth-order valence-corrected chi connectivity index (χ4v) is 2.35. The summed E-state index contributed by atoms with van der Waals surface area (Å²) in [5, 5.41) is 3.37. The molecule has 0 bridgehead atoms. The minimum Gasteiger partial charge on any atom is -0.475 e. The van der Waals surface area contributed by atoms with Gasteiger partial charge in [0.2, 0.25) is 5.88 Å². The van der Waals surface area contributed by atoms with Gasteiger partial charge in [-0.25, -0.2) is 4.98 Å². The van der Waals surface area contributed by atoms with Crippen LogP contribution in [0.15, 0.2) is 36.5 Å². The average molecular weight is 254 g/mol. The van der Waals surface area contributed by atoms with Crippen molar-refractivity contribution in [3.63, 3.8) is 0 Å². The van der Waals surface area contributed by atoms with Crippen molar-refractivity contribution in [3.8, 4) is 17.0 Å². The highest BCUT2D eigenvalue weighted by Crippen LogP contribution is 2.28. The minimum absolute atomic E-state index is 0.157. The first-order valence-electron chi connectivity index (χ1n) is 6.72. The molecule has 0 radical (unpaired) electrons. The lowest BCUT2D eigenvalue weighted by molar-refractivity contribution is 0.232. The number of nitrogens with zero attached hydrogens (tertiary/aromatic N) is 1. The fraction of sp³-hybridized carbons (Fsp3) is 0.312. The first kappa shape index (κ1) is 12.0. The first-order valence-corrected chi connectivity index (χ1v) is 6.72. The zero-order chi connectivity index (χ0) is 13.2. The van der Waals surface area contributed by atoms with Gasteiger partial charge in [-0.2, -0.15) is 0 Å². The molecule has 2 aromatic rings. The monoisotopic (exact) mass is 254 g/mol. The Balaban J connectivity index is 1.86. The molecule has 0 fully saturated rings. The second kappa shape index (κ2) is 4.92. The normalized spacial score (nSPS) is 13.2. The van der Waals surface area contributed by atoms with E-state index in [1.807, 2.05) is 26.1 Å². The molecule has 3 nitrogen and oxygen atoms in total. The van der Waals surface area contributed by atoms with Crippen LogP contribution in [-0.4, -0.2) is 17.6 Å². The van der Waals surface area contributed by atoms with Gasteiger partial charge in [0, 0.05) is 30.1 Å². The molecule has 0 aliphatic carbocycles. The van der Waals surface area contributed by atoms with E-state index in [0.29, 0.717) is 5.88 Å². The van der Waals surface area contributed by atoms with Gasteiger partial charge in [0.05, 0.1) is 6.10 Å². The molecular weight excluding hydrogens is 236 g/mol. The number of pyridine rings is 1. The van der Waals surface area contributed by atoms with Crippen LogP contribution in [0.25, 0.3) is 11.1 Å². The predicted molar refractivity (Wildman–Crippen MR) is 77.6 cm³/mol. The van der Waals surface area contributed by atoms with E-state index in [1.54, 1.807) is 0 Å². The lowest BCUT2D eigenvalue weighted by Gasteiger charge is -2.09. The van der Waals surface area contributed by atoms with Gasteiger partial charge in [-0.1, -0.05) is 6.07 Å². The summed E-state index contributed by atoms with van der Waals surface area (Å²) in [5.41, 5.74) is 4.99. The van der Waals surface area contributed by atoms with Crippen LogP contribution in [-0.2, 0) is 6.42 Å². The number of benzene rings is 1. The zero-order valence-electron chi connectivity index (χ0n) is 11.3. The van der Waals surface area contributed by atoms with E-state index in [-0.39, 0.29) is 6.10 Å². The molecular formula is C16H18N2O. The number of fused-ring (bicyclic) bond motifs is 1. The van der Waals surface area contributed by atoms with Crippen LogP contribution in [0.2, 0.25) is 0 Å². The van der Waals surface area contributed by atoms with E-state index in [9.17, 15) is 0 Å². The highest BCUT2D eigenvalue weighted by molar-refractivity contribution is 5.69. The van der Waals surface area contributed by atoms with Crippen LogP contribution in [0, 0.1) is 0 Å². The van der Waals surface area contributed by atoms with E-state index in [2.05, 4.69) is 34.6 Å². The fourth-order valence-electron chi connectivity index (χ4n) is 2.35. The van der Waals surface area contributed by atoms with Gasteiger partial charge in [-0.15, -0.1) is 0 Å². The number of hydrogen-bond acceptors (Lipinski definition) is 3. The van der Waals surface area contributed by atoms with E-state index < -0.39 is 0 Å². The second-order valence-corrected chi connectivity index (χ2v) is 5.10. The van der Waals surface area contributed by atoms with Crippen LogP contribution in [0.4, 0.5) is 5.69 Å². The van der Waals surface area contributed by atoms with Crippen molar-refractivity contribution in [1.29, 1.82) is 0 Å². The number of anilines is 1. The molecule has 0 spiro atoms. The summed E-state index contributed by atoms with van der Waals surface area (Å²) >= 11 is 0. The molecule has 0 unspecified atom stereocenters. The molecule has 1 aromatic heterocycles. The molecule has 0 amide bonds. The van der Waals surface area contributed by atoms with Crippen molar-refractivity contribution in [3.05, 3.63) is 42.1 Å². The summed E-state index contributed by atoms with van der Waals surface area (Å²) in [5.74, 6) is 0.682. The van der Waals surface area contributed by atoms with Gasteiger partial charge in [-0.05, 0) is 49.6 Å². The largest absolute Gasteiger partial charge is 0.475 e. The van der Waals surface area contributed by atoms with Crippen LogP contribution in [0.5, 0.6) is 5.88 Å². The van der Waals surface area contributed by atoms with Gasteiger partial charge in [-0.3, -0.25) is 0 Å². The molecule has 98 valence electrons. The van der Waals surface area contributed by atoms with Crippen molar-refractivity contribution in [2.24, 2.45) is 0 Å². The maximum atomic E-state index is 5.56. The van der Waals surface area contributed by atoms with Crippen LogP contribution in [0.1, 0.15) is 19.4 Å². The van der Waals surface area contributed by atoms with Crippen LogP contribution >= 0.6 is 0 Å². The lowest BCUT2D eigenvalue weighted by Crippen LogP contribution is -2.06. The number of hydrogen-bond donors (Lipinski definition) is 1. The summed E-state index contributed by atoms with van der Waals surface area (Å²) in [6, 6.07) is 10.5. The third-order valence-electron chi connectivity index (χ3n) is 3.24. The van der Waals surface area contributed by atoms with Gasteiger partial charge >= 0.3 is 0 Å². The van der Waals surface area contributed by atoms with Gasteiger partial charge in [0.15, 0.2) is 0 Å². The maximum absolute atomic E-state index is 5.56. The summed E-state index contributed by atoms with van der Waals surface area (Å²) in [6.07, 6.45) is 3.14. The molecule has 2 heterocycles. The Morgan fingerprint density at radius 2 is 2.00 bits per heavy atom. The average Bonchev–Trinajstić information content (AvgIpc) is 2.86. The standard InChI is InChI=1S/C16H18N2O/c1-11(2)19-16-6-4-14(10-18-16)12-3-5-15-13(9-12)7-8-17-15/h3-6,9-11,17H,7-8H2,1-2H3. The third kappa shape index (κ3) is 2.55. The van der Waals surface area contributed by atoms with E-state index in [4.69, 9.17) is 4.74 Å². The molecule has 3 rings (SSSR count). The van der Waals surface area contributed by atoms with E-state index >= 15 is 0 Å². The first-order chi connectivity index (χ1) is 9.22.